The number of nitro groups is 1. The van der Waals surface area contributed by atoms with Crippen LogP contribution in [0.1, 0.15) is 32.6 Å². The van der Waals surface area contributed by atoms with Crippen molar-refractivity contribution in [1.82, 2.24) is 4.98 Å². The molecule has 0 spiro atoms. The predicted octanol–water partition coefficient (Wildman–Crippen LogP) is 3.74. The first-order valence-electron chi connectivity index (χ1n) is 6.04. The molecule has 0 bridgehead atoms. The summed E-state index contributed by atoms with van der Waals surface area (Å²) in [4.78, 5) is 14.4. The molecule has 6 heteroatoms. The van der Waals surface area contributed by atoms with Crippen LogP contribution in [0.5, 0.6) is 0 Å². The van der Waals surface area contributed by atoms with Crippen LogP contribution in [-0.4, -0.2) is 16.5 Å². The van der Waals surface area contributed by atoms with Gasteiger partial charge in [0, 0.05) is 12.7 Å². The number of hydrogen-bond acceptors (Lipinski definition) is 4. The average Bonchev–Trinajstić information content (AvgIpc) is 2.74. The van der Waals surface area contributed by atoms with Crippen LogP contribution in [-0.2, 0) is 0 Å². The smallest absolute Gasteiger partial charge is 0.311 e. The van der Waals surface area contributed by atoms with E-state index in [1.165, 1.54) is 31.9 Å². The van der Waals surface area contributed by atoms with Gasteiger partial charge in [-0.25, -0.2) is 0 Å². The van der Waals surface area contributed by atoms with Crippen LogP contribution < -0.4 is 5.32 Å². The molecule has 0 aromatic carbocycles. The summed E-state index contributed by atoms with van der Waals surface area (Å²) in [6.45, 7) is 2.99. The molecular formula is C12H16BrN3O2. The van der Waals surface area contributed by atoms with E-state index >= 15 is 0 Å². The van der Waals surface area contributed by atoms with Crippen molar-refractivity contribution in [1.29, 1.82) is 0 Å². The summed E-state index contributed by atoms with van der Waals surface area (Å²) in [5.74, 6) is 0. The minimum Gasteiger partial charge on any atom is -0.378 e. The zero-order valence-corrected chi connectivity index (χ0v) is 11.9. The zero-order valence-electron chi connectivity index (χ0n) is 10.3. The maximum Gasteiger partial charge on any atom is 0.311 e. The van der Waals surface area contributed by atoms with E-state index < -0.39 is 4.92 Å². The van der Waals surface area contributed by atoms with Gasteiger partial charge < -0.3 is 5.32 Å². The molecule has 1 aromatic rings. The highest BCUT2D eigenvalue weighted by Crippen LogP contribution is 2.39. The number of nitrogens with zero attached hydrogens (tertiary/aromatic N) is 2. The van der Waals surface area contributed by atoms with Crippen LogP contribution in [0.2, 0.25) is 0 Å². The first-order valence-corrected chi connectivity index (χ1v) is 6.83. The third-order valence-electron chi connectivity index (χ3n) is 3.58. The van der Waals surface area contributed by atoms with Gasteiger partial charge in [-0.05, 0) is 34.2 Å². The lowest BCUT2D eigenvalue weighted by molar-refractivity contribution is -0.384. The first-order chi connectivity index (χ1) is 8.52. The van der Waals surface area contributed by atoms with Crippen molar-refractivity contribution in [3.8, 4) is 0 Å². The van der Waals surface area contributed by atoms with Gasteiger partial charge in [-0.1, -0.05) is 19.8 Å². The molecule has 0 unspecified atom stereocenters. The van der Waals surface area contributed by atoms with Crippen molar-refractivity contribution >= 4 is 27.3 Å². The summed E-state index contributed by atoms with van der Waals surface area (Å²) >= 11 is 3.31. The minimum atomic E-state index is -0.406. The summed E-state index contributed by atoms with van der Waals surface area (Å²) in [5.41, 5.74) is 0.797. The second-order valence-corrected chi connectivity index (χ2v) is 6.00. The van der Waals surface area contributed by atoms with E-state index in [1.807, 2.05) is 0 Å². The van der Waals surface area contributed by atoms with E-state index in [1.54, 1.807) is 6.20 Å². The molecule has 2 rings (SSSR count). The molecule has 1 aliphatic carbocycles. The van der Waals surface area contributed by atoms with Crippen LogP contribution in [0.25, 0.3) is 0 Å². The Kier molecular flexibility index (Phi) is 3.85. The second kappa shape index (κ2) is 5.22. The highest BCUT2D eigenvalue weighted by molar-refractivity contribution is 9.10. The number of rotatable bonds is 4. The van der Waals surface area contributed by atoms with Crippen molar-refractivity contribution in [3.63, 3.8) is 0 Å². The van der Waals surface area contributed by atoms with Crippen molar-refractivity contribution in [2.24, 2.45) is 5.41 Å². The van der Waals surface area contributed by atoms with Gasteiger partial charge in [0.15, 0.2) is 0 Å². The van der Waals surface area contributed by atoms with Gasteiger partial charge in [-0.2, -0.15) is 0 Å². The van der Waals surface area contributed by atoms with Crippen LogP contribution in [0.15, 0.2) is 16.9 Å². The van der Waals surface area contributed by atoms with Gasteiger partial charge in [0.1, 0.15) is 11.9 Å². The maximum atomic E-state index is 11.0. The molecule has 5 nitrogen and oxygen atoms in total. The van der Waals surface area contributed by atoms with Crippen molar-refractivity contribution < 1.29 is 4.92 Å². The quantitative estimate of drug-likeness (QED) is 0.679. The van der Waals surface area contributed by atoms with Gasteiger partial charge in [-0.15, -0.1) is 0 Å². The summed E-state index contributed by atoms with van der Waals surface area (Å²) in [7, 11) is 0. The average molecular weight is 314 g/mol. The van der Waals surface area contributed by atoms with Gasteiger partial charge in [-0.3, -0.25) is 15.1 Å². The Labute approximate surface area is 114 Å². The van der Waals surface area contributed by atoms with Crippen LogP contribution >= 0.6 is 15.9 Å². The fourth-order valence-corrected chi connectivity index (χ4v) is 2.91. The highest BCUT2D eigenvalue weighted by atomic mass is 79.9. The molecule has 1 fully saturated rings. The van der Waals surface area contributed by atoms with Gasteiger partial charge >= 0.3 is 5.69 Å². The van der Waals surface area contributed by atoms with Gasteiger partial charge in [0.25, 0.3) is 0 Å². The lowest BCUT2D eigenvalue weighted by Gasteiger charge is -2.24. The molecule has 0 aliphatic heterocycles. The molecule has 1 heterocycles. The van der Waals surface area contributed by atoms with Crippen LogP contribution in [0.4, 0.5) is 11.4 Å². The Bertz CT molecular complexity index is 459. The molecule has 0 saturated heterocycles. The van der Waals surface area contributed by atoms with Gasteiger partial charge in [0.2, 0.25) is 0 Å². The van der Waals surface area contributed by atoms with Gasteiger partial charge in [0.05, 0.1) is 9.40 Å². The Morgan fingerprint density at radius 2 is 2.17 bits per heavy atom. The fraction of sp³-hybridized carbons (Fsp3) is 0.583. The maximum absolute atomic E-state index is 11.0. The van der Waals surface area contributed by atoms with E-state index in [4.69, 9.17) is 0 Å². The predicted molar refractivity (Wildman–Crippen MR) is 73.7 cm³/mol. The molecule has 0 atom stereocenters. The summed E-state index contributed by atoms with van der Waals surface area (Å²) in [5, 5.41) is 14.2. The number of hydrogen-bond donors (Lipinski definition) is 1. The number of aromatic nitrogens is 1. The Hall–Kier alpha value is -1.17. The molecule has 1 aromatic heterocycles. The summed E-state index contributed by atoms with van der Waals surface area (Å²) in [6.07, 6.45) is 7.71. The molecule has 1 N–H and O–H groups in total. The summed E-state index contributed by atoms with van der Waals surface area (Å²) in [6, 6.07) is 0. The number of halogens is 1. The number of anilines is 1. The van der Waals surface area contributed by atoms with Crippen molar-refractivity contribution in [2.45, 2.75) is 32.6 Å². The highest BCUT2D eigenvalue weighted by Gasteiger charge is 2.29. The molecular weight excluding hydrogens is 298 g/mol. The SMILES string of the molecule is CC1(CNc2c(Br)cncc2[N+](=O)[O-])CCCC1. The second-order valence-electron chi connectivity index (χ2n) is 5.14. The van der Waals surface area contributed by atoms with E-state index in [9.17, 15) is 10.1 Å². The van der Waals surface area contributed by atoms with E-state index in [2.05, 4.69) is 33.2 Å². The number of pyridine rings is 1. The van der Waals surface area contributed by atoms with E-state index in [0.717, 1.165) is 6.54 Å². The molecule has 0 radical (unpaired) electrons. The van der Waals surface area contributed by atoms with E-state index in [0.29, 0.717) is 10.2 Å². The van der Waals surface area contributed by atoms with Crippen LogP contribution in [0.3, 0.4) is 0 Å². The molecule has 98 valence electrons. The topological polar surface area (TPSA) is 68.1 Å². The molecule has 1 aliphatic rings. The molecule has 18 heavy (non-hydrogen) atoms. The molecule has 0 amide bonds. The normalized spacial score (nSPS) is 17.7. The fourth-order valence-electron chi connectivity index (χ4n) is 2.45. The van der Waals surface area contributed by atoms with Crippen LogP contribution in [0, 0.1) is 15.5 Å². The zero-order chi connectivity index (χ0) is 13.2. The Balaban J connectivity index is 2.15. The standard InChI is InChI=1S/C12H16BrN3O2/c1-12(4-2-3-5-12)8-15-11-9(13)6-14-7-10(11)16(17)18/h6-7H,2-5,8H2,1H3,(H,14,15). The first kappa shape index (κ1) is 13.3. The number of nitrogens with one attached hydrogen (secondary N) is 1. The van der Waals surface area contributed by atoms with E-state index in [-0.39, 0.29) is 11.1 Å². The third-order valence-corrected chi connectivity index (χ3v) is 4.18. The lowest BCUT2D eigenvalue weighted by atomic mass is 9.89. The van der Waals surface area contributed by atoms with Crippen molar-refractivity contribution in [2.75, 3.05) is 11.9 Å². The largest absolute Gasteiger partial charge is 0.378 e. The third kappa shape index (κ3) is 2.80. The Morgan fingerprint density at radius 1 is 1.50 bits per heavy atom. The lowest BCUT2D eigenvalue weighted by Crippen LogP contribution is -2.23. The minimum absolute atomic E-state index is 0.0194. The molecule has 1 saturated carbocycles. The van der Waals surface area contributed by atoms with Crippen molar-refractivity contribution in [3.05, 3.63) is 27.0 Å². The monoisotopic (exact) mass is 313 g/mol. The Morgan fingerprint density at radius 3 is 2.78 bits per heavy atom. The summed E-state index contributed by atoms with van der Waals surface area (Å²) < 4.78 is 0.637.